The zero-order valence-electron chi connectivity index (χ0n) is 15.3. The van der Waals surface area contributed by atoms with Crippen LogP contribution in [0.1, 0.15) is 50.5 Å². The molecule has 0 N–H and O–H groups in total. The standard InChI is InChI=1S/C20H26ClNO3S/c1-13(2)11-25-20(24)17-12-26-19(15-9-5-6-10-16(15)21)22(17)18(23)14-7-3-4-8-14/h5-6,9-10,13-14,17,19H,3-4,7-8,11-12H2,1-2H3/t17-,19+/m0/s1. The summed E-state index contributed by atoms with van der Waals surface area (Å²) in [7, 11) is 0. The van der Waals surface area contributed by atoms with Crippen molar-refractivity contribution in [2.75, 3.05) is 12.4 Å². The van der Waals surface area contributed by atoms with Crippen LogP contribution in [0.4, 0.5) is 0 Å². The van der Waals surface area contributed by atoms with Crippen LogP contribution in [-0.2, 0) is 14.3 Å². The van der Waals surface area contributed by atoms with Gasteiger partial charge in [0.05, 0.1) is 6.61 Å². The molecule has 1 aromatic rings. The highest BCUT2D eigenvalue weighted by Gasteiger charge is 2.45. The van der Waals surface area contributed by atoms with Gasteiger partial charge < -0.3 is 9.64 Å². The fourth-order valence-corrected chi connectivity index (χ4v) is 5.36. The van der Waals surface area contributed by atoms with Crippen LogP contribution in [0.25, 0.3) is 0 Å². The highest BCUT2D eigenvalue weighted by atomic mass is 35.5. The average Bonchev–Trinajstić information content (AvgIpc) is 3.29. The zero-order chi connectivity index (χ0) is 18.7. The van der Waals surface area contributed by atoms with E-state index >= 15 is 0 Å². The third kappa shape index (κ3) is 4.20. The number of carbonyl (C=O) groups excluding carboxylic acids is 2. The summed E-state index contributed by atoms with van der Waals surface area (Å²) in [5, 5.41) is 0.402. The van der Waals surface area contributed by atoms with Gasteiger partial charge in [-0.15, -0.1) is 11.8 Å². The molecule has 6 heteroatoms. The second-order valence-electron chi connectivity index (χ2n) is 7.47. The van der Waals surface area contributed by atoms with E-state index < -0.39 is 6.04 Å². The molecule has 0 bridgehead atoms. The van der Waals surface area contributed by atoms with Gasteiger partial charge in [-0.05, 0) is 24.8 Å². The molecule has 1 aromatic carbocycles. The van der Waals surface area contributed by atoms with E-state index in [2.05, 4.69) is 0 Å². The van der Waals surface area contributed by atoms with Crippen molar-refractivity contribution in [1.29, 1.82) is 0 Å². The Bertz CT molecular complexity index is 660. The molecule has 1 aliphatic carbocycles. The third-order valence-corrected chi connectivity index (χ3v) is 6.61. The molecule has 0 spiro atoms. The van der Waals surface area contributed by atoms with Crippen LogP contribution in [0.5, 0.6) is 0 Å². The molecule has 2 fully saturated rings. The van der Waals surface area contributed by atoms with Crippen molar-refractivity contribution >= 4 is 35.2 Å². The van der Waals surface area contributed by atoms with Crippen LogP contribution >= 0.6 is 23.4 Å². The quantitative estimate of drug-likeness (QED) is 0.679. The first kappa shape index (κ1) is 19.6. The van der Waals surface area contributed by atoms with Gasteiger partial charge in [-0.3, -0.25) is 4.79 Å². The summed E-state index contributed by atoms with van der Waals surface area (Å²) in [5.41, 5.74) is 0.893. The van der Waals surface area contributed by atoms with Crippen LogP contribution < -0.4 is 0 Å². The first-order valence-corrected chi connectivity index (χ1v) is 10.8. The molecule has 1 saturated carbocycles. The Morgan fingerprint density at radius 1 is 1.27 bits per heavy atom. The maximum atomic E-state index is 13.3. The molecule has 1 heterocycles. The lowest BCUT2D eigenvalue weighted by Crippen LogP contribution is -2.46. The summed E-state index contributed by atoms with van der Waals surface area (Å²) in [6.07, 6.45) is 3.97. The number of esters is 1. The fourth-order valence-electron chi connectivity index (χ4n) is 3.60. The lowest BCUT2D eigenvalue weighted by atomic mass is 10.0. The number of hydrogen-bond acceptors (Lipinski definition) is 4. The lowest BCUT2D eigenvalue weighted by molar-refractivity contribution is -0.156. The highest BCUT2D eigenvalue weighted by Crippen LogP contribution is 2.45. The molecule has 0 unspecified atom stereocenters. The number of rotatable bonds is 5. The molecular weight excluding hydrogens is 370 g/mol. The summed E-state index contributed by atoms with van der Waals surface area (Å²) in [4.78, 5) is 27.7. The predicted molar refractivity (Wildman–Crippen MR) is 105 cm³/mol. The molecule has 2 atom stereocenters. The summed E-state index contributed by atoms with van der Waals surface area (Å²) < 4.78 is 5.47. The number of halogens is 1. The third-order valence-electron chi connectivity index (χ3n) is 4.96. The predicted octanol–water partition coefficient (Wildman–Crippen LogP) is 4.67. The van der Waals surface area contributed by atoms with Crippen molar-refractivity contribution in [2.24, 2.45) is 11.8 Å². The number of benzene rings is 1. The van der Waals surface area contributed by atoms with Crippen molar-refractivity contribution in [3.05, 3.63) is 34.9 Å². The fraction of sp³-hybridized carbons (Fsp3) is 0.600. The van der Waals surface area contributed by atoms with Gasteiger partial charge in [0.15, 0.2) is 0 Å². The Labute approximate surface area is 164 Å². The minimum atomic E-state index is -0.534. The molecule has 0 aromatic heterocycles. The van der Waals surface area contributed by atoms with Crippen molar-refractivity contribution in [2.45, 2.75) is 50.9 Å². The van der Waals surface area contributed by atoms with Crippen molar-refractivity contribution in [3.63, 3.8) is 0 Å². The van der Waals surface area contributed by atoms with E-state index in [1.54, 1.807) is 16.7 Å². The van der Waals surface area contributed by atoms with Crippen molar-refractivity contribution in [1.82, 2.24) is 4.90 Å². The van der Waals surface area contributed by atoms with Gasteiger partial charge in [0.25, 0.3) is 0 Å². The largest absolute Gasteiger partial charge is 0.464 e. The molecule has 1 amide bonds. The van der Waals surface area contributed by atoms with E-state index in [1.807, 2.05) is 38.1 Å². The molecule has 1 saturated heterocycles. The normalized spacial score (nSPS) is 23.6. The van der Waals surface area contributed by atoms with E-state index in [0.717, 1.165) is 31.2 Å². The van der Waals surface area contributed by atoms with E-state index in [4.69, 9.17) is 16.3 Å². The summed E-state index contributed by atoms with van der Waals surface area (Å²) >= 11 is 7.99. The maximum absolute atomic E-state index is 13.3. The van der Waals surface area contributed by atoms with Crippen LogP contribution in [0.15, 0.2) is 24.3 Å². The van der Waals surface area contributed by atoms with Gasteiger partial charge in [0.2, 0.25) is 5.91 Å². The summed E-state index contributed by atoms with van der Waals surface area (Å²) in [6.45, 7) is 4.39. The summed E-state index contributed by atoms with van der Waals surface area (Å²) in [5.74, 6) is 0.604. The number of thioether (sulfide) groups is 1. The van der Waals surface area contributed by atoms with Gasteiger partial charge in [-0.2, -0.15) is 0 Å². The Morgan fingerprint density at radius 3 is 2.62 bits per heavy atom. The molecule has 0 radical (unpaired) electrons. The second-order valence-corrected chi connectivity index (χ2v) is 8.99. The van der Waals surface area contributed by atoms with Crippen LogP contribution in [0.2, 0.25) is 5.02 Å². The Hall–Kier alpha value is -1.20. The zero-order valence-corrected chi connectivity index (χ0v) is 16.9. The van der Waals surface area contributed by atoms with Crippen molar-refractivity contribution < 1.29 is 14.3 Å². The Morgan fingerprint density at radius 2 is 1.96 bits per heavy atom. The number of carbonyl (C=O) groups is 2. The number of nitrogens with zero attached hydrogens (tertiary/aromatic N) is 1. The van der Waals surface area contributed by atoms with Gasteiger partial charge in [-0.1, -0.05) is 56.5 Å². The topological polar surface area (TPSA) is 46.6 Å². The van der Waals surface area contributed by atoms with Gasteiger partial charge in [0, 0.05) is 22.3 Å². The molecule has 3 rings (SSSR count). The lowest BCUT2D eigenvalue weighted by Gasteiger charge is -2.31. The van der Waals surface area contributed by atoms with Gasteiger partial charge >= 0.3 is 5.97 Å². The molecular formula is C20H26ClNO3S. The minimum absolute atomic E-state index is 0.0130. The number of hydrogen-bond donors (Lipinski definition) is 0. The maximum Gasteiger partial charge on any atom is 0.329 e. The second kappa shape index (κ2) is 8.66. The van der Waals surface area contributed by atoms with E-state index in [1.165, 1.54) is 0 Å². The number of amides is 1. The van der Waals surface area contributed by atoms with E-state index in [9.17, 15) is 9.59 Å². The van der Waals surface area contributed by atoms with E-state index in [-0.39, 0.29) is 29.1 Å². The van der Waals surface area contributed by atoms with E-state index in [0.29, 0.717) is 17.4 Å². The molecule has 142 valence electrons. The van der Waals surface area contributed by atoms with Crippen LogP contribution in [-0.4, -0.2) is 35.2 Å². The smallest absolute Gasteiger partial charge is 0.329 e. The average molecular weight is 396 g/mol. The van der Waals surface area contributed by atoms with Crippen molar-refractivity contribution in [3.8, 4) is 0 Å². The first-order valence-electron chi connectivity index (χ1n) is 9.34. The minimum Gasteiger partial charge on any atom is -0.464 e. The van der Waals surface area contributed by atoms with Crippen LogP contribution in [0, 0.1) is 11.8 Å². The van der Waals surface area contributed by atoms with Crippen LogP contribution in [0.3, 0.4) is 0 Å². The Balaban J connectivity index is 1.86. The first-order chi connectivity index (χ1) is 12.5. The number of ether oxygens (including phenoxy) is 1. The van der Waals surface area contributed by atoms with Gasteiger partial charge in [-0.25, -0.2) is 4.79 Å². The molecule has 26 heavy (non-hydrogen) atoms. The molecule has 2 aliphatic rings. The monoisotopic (exact) mass is 395 g/mol. The Kier molecular flexibility index (Phi) is 6.51. The van der Waals surface area contributed by atoms with Gasteiger partial charge in [0.1, 0.15) is 11.4 Å². The SMILES string of the molecule is CC(C)COC(=O)[C@@H]1CS[C@H](c2ccccc2Cl)N1C(=O)C1CCCC1. The molecule has 4 nitrogen and oxygen atoms in total. The summed E-state index contributed by atoms with van der Waals surface area (Å²) in [6, 6.07) is 7.04. The molecule has 1 aliphatic heterocycles. The highest BCUT2D eigenvalue weighted by molar-refractivity contribution is 7.99.